The Hall–Kier alpha value is -2.01. The SMILES string of the molecule is CN(C)N(O)N(O)Cc1c(CCCCCCN)nn(-c2ccc(Cl)cc2Cl)c1-c1ccc(C#CC2CCCC2)s1.N. The molecule has 1 aromatic carbocycles. The molecule has 0 amide bonds. The third-order valence-corrected chi connectivity index (χ3v) is 8.58. The first-order valence-electron chi connectivity index (χ1n) is 13.8. The molecule has 1 saturated carbocycles. The van der Waals surface area contributed by atoms with E-state index in [9.17, 15) is 10.4 Å². The van der Waals surface area contributed by atoms with Gasteiger partial charge in [0.15, 0.2) is 0 Å². The average Bonchev–Trinajstić information content (AvgIpc) is 3.68. The summed E-state index contributed by atoms with van der Waals surface area (Å²) in [6.45, 7) is 0.689. The Bertz CT molecular complexity index is 1330. The van der Waals surface area contributed by atoms with Gasteiger partial charge in [-0.1, -0.05) is 65.9 Å². The van der Waals surface area contributed by atoms with Gasteiger partial charge in [0, 0.05) is 30.6 Å². The molecule has 41 heavy (non-hydrogen) atoms. The average molecular weight is 623 g/mol. The van der Waals surface area contributed by atoms with Gasteiger partial charge < -0.3 is 11.9 Å². The molecule has 4 rings (SSSR count). The first-order chi connectivity index (χ1) is 19.3. The van der Waals surface area contributed by atoms with Crippen molar-refractivity contribution in [3.63, 3.8) is 0 Å². The fourth-order valence-corrected chi connectivity index (χ4v) is 6.33. The normalized spacial score (nSPS) is 13.7. The number of thiophene rings is 1. The lowest BCUT2D eigenvalue weighted by Gasteiger charge is -2.28. The highest BCUT2D eigenvalue weighted by Gasteiger charge is 2.26. The van der Waals surface area contributed by atoms with E-state index in [1.165, 1.54) is 30.7 Å². The number of nitrogens with zero attached hydrogens (tertiary/aromatic N) is 5. The number of aromatic nitrogens is 2. The van der Waals surface area contributed by atoms with E-state index < -0.39 is 0 Å². The first-order valence-corrected chi connectivity index (χ1v) is 15.4. The van der Waals surface area contributed by atoms with E-state index in [1.54, 1.807) is 37.6 Å². The molecule has 0 saturated heterocycles. The van der Waals surface area contributed by atoms with Crippen LogP contribution >= 0.6 is 34.5 Å². The number of hydrogen-bond acceptors (Lipinski definition) is 9. The molecular weight excluding hydrogens is 581 g/mol. The zero-order chi connectivity index (χ0) is 28.6. The molecule has 1 aliphatic carbocycles. The van der Waals surface area contributed by atoms with Gasteiger partial charge in [0.05, 0.1) is 38.4 Å². The fourth-order valence-electron chi connectivity index (χ4n) is 4.92. The Morgan fingerprint density at radius 3 is 2.49 bits per heavy atom. The summed E-state index contributed by atoms with van der Waals surface area (Å²) in [5.74, 6) is 7.30. The lowest BCUT2D eigenvalue weighted by Crippen LogP contribution is -2.45. The molecule has 7 N–H and O–H groups in total. The van der Waals surface area contributed by atoms with Crippen LogP contribution in [0.15, 0.2) is 30.3 Å². The molecule has 0 unspecified atom stereocenters. The number of aryl methyl sites for hydroxylation is 1. The third-order valence-electron chi connectivity index (χ3n) is 7.03. The number of rotatable bonds is 12. The summed E-state index contributed by atoms with van der Waals surface area (Å²) in [5.41, 5.74) is 8.78. The Morgan fingerprint density at radius 1 is 1.07 bits per heavy atom. The molecular formula is C29H41Cl2N7O2S. The highest BCUT2D eigenvalue weighted by Crippen LogP contribution is 2.37. The largest absolute Gasteiger partial charge is 0.344 e. The molecule has 0 spiro atoms. The van der Waals surface area contributed by atoms with Crippen LogP contribution in [0.4, 0.5) is 0 Å². The van der Waals surface area contributed by atoms with Crippen molar-refractivity contribution in [2.24, 2.45) is 11.7 Å². The number of hydrogen-bond donors (Lipinski definition) is 4. The van der Waals surface area contributed by atoms with Crippen molar-refractivity contribution in [1.82, 2.24) is 31.4 Å². The second kappa shape index (κ2) is 16.0. The molecule has 224 valence electrons. The van der Waals surface area contributed by atoms with E-state index in [0.29, 0.717) is 39.9 Å². The maximum absolute atomic E-state index is 10.8. The maximum Gasteiger partial charge on any atom is 0.0891 e. The van der Waals surface area contributed by atoms with Crippen molar-refractivity contribution in [3.8, 4) is 28.1 Å². The molecule has 0 atom stereocenters. The van der Waals surface area contributed by atoms with Gasteiger partial charge in [0.1, 0.15) is 0 Å². The molecule has 9 nitrogen and oxygen atoms in total. The maximum atomic E-state index is 10.8. The highest BCUT2D eigenvalue weighted by atomic mass is 35.5. The number of halogens is 2. The molecule has 3 aromatic rings. The molecule has 2 aromatic heterocycles. The summed E-state index contributed by atoms with van der Waals surface area (Å²) in [6, 6.07) is 9.41. The van der Waals surface area contributed by atoms with Gasteiger partial charge in [0.2, 0.25) is 0 Å². The van der Waals surface area contributed by atoms with E-state index in [4.69, 9.17) is 34.0 Å². The van der Waals surface area contributed by atoms with E-state index in [2.05, 4.69) is 11.8 Å². The number of benzene rings is 1. The molecule has 12 heteroatoms. The number of unbranched alkanes of at least 4 members (excludes halogenated alkanes) is 3. The van der Waals surface area contributed by atoms with Crippen LogP contribution in [0, 0.1) is 17.8 Å². The number of nitrogens with two attached hydrogens (primary N) is 1. The van der Waals surface area contributed by atoms with Crippen LogP contribution in [-0.4, -0.2) is 56.3 Å². The first kappa shape index (κ1) is 33.5. The molecule has 0 aliphatic heterocycles. The van der Waals surface area contributed by atoms with Crippen molar-refractivity contribution in [1.29, 1.82) is 0 Å². The summed E-state index contributed by atoms with van der Waals surface area (Å²) in [6.07, 6.45) is 9.51. The standard InChI is InChI=1S/C29H38Cl2N6O2S.H3N/c1-34(2)37(39)35(38)20-24-26(11-5-3-4-8-18-32)33-36(27-16-13-22(30)19-25(27)31)29(24)28-17-15-23(40-28)14-12-21-9-6-7-10-21;/h13,15-17,19,21,38-39H,3-11,18,20,32H2,1-2H3;1H3. The van der Waals surface area contributed by atoms with Gasteiger partial charge in [-0.05, 0) is 74.3 Å². The molecule has 2 heterocycles. The van der Waals surface area contributed by atoms with E-state index in [-0.39, 0.29) is 12.7 Å². The van der Waals surface area contributed by atoms with Crippen molar-refractivity contribution in [3.05, 3.63) is 56.5 Å². The predicted molar refractivity (Wildman–Crippen MR) is 167 cm³/mol. The van der Waals surface area contributed by atoms with Crippen LogP contribution in [-0.2, 0) is 13.0 Å². The topological polar surface area (TPSA) is 129 Å². The van der Waals surface area contributed by atoms with Gasteiger partial charge >= 0.3 is 0 Å². The van der Waals surface area contributed by atoms with Crippen LogP contribution in [0.3, 0.4) is 0 Å². The van der Waals surface area contributed by atoms with Crippen LogP contribution in [0.2, 0.25) is 10.0 Å². The van der Waals surface area contributed by atoms with E-state index >= 15 is 0 Å². The van der Waals surface area contributed by atoms with E-state index in [1.807, 2.05) is 22.9 Å². The second-order valence-corrected chi connectivity index (χ2v) is 12.2. The Morgan fingerprint density at radius 2 is 1.80 bits per heavy atom. The summed E-state index contributed by atoms with van der Waals surface area (Å²) in [5, 5.41) is 30.0. The quantitative estimate of drug-likeness (QED) is 0.0971. The van der Waals surface area contributed by atoms with Crippen molar-refractivity contribution >= 4 is 34.5 Å². The van der Waals surface area contributed by atoms with Crippen LogP contribution in [0.1, 0.15) is 67.5 Å². The van der Waals surface area contributed by atoms with Gasteiger partial charge in [-0.3, -0.25) is 10.4 Å². The van der Waals surface area contributed by atoms with Gasteiger partial charge in [0.25, 0.3) is 0 Å². The minimum Gasteiger partial charge on any atom is -0.344 e. The lowest BCUT2D eigenvalue weighted by atomic mass is 10.1. The number of hydroxylamine groups is 1. The summed E-state index contributed by atoms with van der Waals surface area (Å²) in [7, 11) is 3.27. The minimum atomic E-state index is 0. The number of hydrazine groups is 2. The minimum absolute atomic E-state index is 0. The summed E-state index contributed by atoms with van der Waals surface area (Å²) >= 11 is 14.5. The van der Waals surface area contributed by atoms with Crippen LogP contribution < -0.4 is 11.9 Å². The Kier molecular flexibility index (Phi) is 13.1. The fraction of sp³-hybridized carbons (Fsp3) is 0.483. The predicted octanol–water partition coefficient (Wildman–Crippen LogP) is 6.95. The third kappa shape index (κ3) is 8.75. The smallest absolute Gasteiger partial charge is 0.0891 e. The monoisotopic (exact) mass is 621 g/mol. The lowest BCUT2D eigenvalue weighted by molar-refractivity contribution is -0.444. The molecule has 1 aliphatic rings. The van der Waals surface area contributed by atoms with Gasteiger partial charge in [-0.15, -0.1) is 11.3 Å². The van der Waals surface area contributed by atoms with E-state index in [0.717, 1.165) is 57.6 Å². The van der Waals surface area contributed by atoms with Crippen molar-refractivity contribution in [2.75, 3.05) is 20.6 Å². The Labute approximate surface area is 256 Å². The zero-order valence-electron chi connectivity index (χ0n) is 23.8. The summed E-state index contributed by atoms with van der Waals surface area (Å²) in [4.78, 5) is 1.92. The Balaban J connectivity index is 0.00000462. The van der Waals surface area contributed by atoms with Crippen molar-refractivity contribution in [2.45, 2.75) is 64.3 Å². The highest BCUT2D eigenvalue weighted by molar-refractivity contribution is 7.16. The van der Waals surface area contributed by atoms with Crippen LogP contribution in [0.25, 0.3) is 16.3 Å². The second-order valence-electron chi connectivity index (χ2n) is 10.3. The van der Waals surface area contributed by atoms with Gasteiger partial charge in [-0.25, -0.2) is 9.69 Å². The molecule has 0 bridgehead atoms. The van der Waals surface area contributed by atoms with Crippen molar-refractivity contribution < 1.29 is 10.4 Å². The van der Waals surface area contributed by atoms with Gasteiger partial charge in [-0.2, -0.15) is 5.10 Å². The summed E-state index contributed by atoms with van der Waals surface area (Å²) < 4.78 is 1.83. The van der Waals surface area contributed by atoms with Crippen LogP contribution in [0.5, 0.6) is 0 Å². The molecule has 1 fully saturated rings. The molecule has 0 radical (unpaired) electrons. The zero-order valence-corrected chi connectivity index (χ0v) is 26.1.